The first-order chi connectivity index (χ1) is 63.4. The molecule has 610 valence electrons. The molecule has 0 spiro atoms. The molecule has 21 aromatic rings. The van der Waals surface area contributed by atoms with E-state index < -0.39 is 0 Å². The van der Waals surface area contributed by atoms with Crippen molar-refractivity contribution in [2.24, 2.45) is 0 Å². The van der Waals surface area contributed by atoms with Crippen molar-refractivity contribution in [3.63, 3.8) is 0 Å². The van der Waals surface area contributed by atoms with Crippen LogP contribution in [-0.4, -0.2) is 69.8 Å². The topological polar surface area (TPSA) is 265 Å². The van der Waals surface area contributed by atoms with Gasteiger partial charge in [-0.25, -0.2) is 29.9 Å². The molecule has 0 saturated heterocycles. The van der Waals surface area contributed by atoms with Gasteiger partial charge in [-0.3, -0.25) is 0 Å². The van der Waals surface area contributed by atoms with Gasteiger partial charge in [0.2, 0.25) is 0 Å². The summed E-state index contributed by atoms with van der Waals surface area (Å²) >= 11 is 0. The number of fused-ring (bicyclic) bond motifs is 48. The Morgan fingerprint density at radius 1 is 0.138 bits per heavy atom. The zero-order chi connectivity index (χ0) is 84.3. The fourth-order valence-electron chi connectivity index (χ4n) is 17.6. The predicted octanol–water partition coefficient (Wildman–Crippen LogP) is 22.8. The van der Waals surface area contributed by atoms with Crippen LogP contribution in [0.1, 0.15) is 22.8 Å². The van der Waals surface area contributed by atoms with E-state index in [4.69, 9.17) is 99.7 Å². The fourth-order valence-corrected chi connectivity index (χ4v) is 17.6. The minimum atomic E-state index is 0. The number of rotatable bonds is 4. The van der Waals surface area contributed by atoms with Crippen molar-refractivity contribution in [2.75, 3.05) is 0 Å². The average Bonchev–Trinajstić information content (AvgIpc) is 1.61. The van der Waals surface area contributed by atoms with Gasteiger partial charge in [0.15, 0.2) is 0 Å². The van der Waals surface area contributed by atoms with E-state index in [9.17, 15) is 0 Å². The largest absolute Gasteiger partial charge is 0.657 e. The monoisotopic (exact) mass is 1940 g/mol. The van der Waals surface area contributed by atoms with E-state index >= 15 is 0 Å². The van der Waals surface area contributed by atoms with Crippen LogP contribution < -0.4 is 29.9 Å². The zero-order valence-corrected chi connectivity index (χ0v) is 73.6. The second-order valence-corrected chi connectivity index (χ2v) is 31.2. The van der Waals surface area contributed by atoms with Crippen molar-refractivity contribution in [1.29, 1.82) is 0 Å². The Balaban J connectivity index is 0.000000111. The summed E-state index contributed by atoms with van der Waals surface area (Å²) in [4.78, 5) is 99.8. The molecule has 0 saturated carbocycles. The molecule has 6 aliphatic rings. The second kappa shape index (κ2) is 33.1. The summed E-state index contributed by atoms with van der Waals surface area (Å²) in [7, 11) is 0. The Morgan fingerprint density at radius 3 is 0.462 bits per heavy atom. The van der Waals surface area contributed by atoms with Gasteiger partial charge >= 0.3 is 0 Å². The third-order valence-electron chi connectivity index (χ3n) is 23.5. The molecule has 0 radical (unpaired) electrons. The number of hydrogen-bond acceptors (Lipinski definition) is 14. The maximum absolute atomic E-state index is 5.31. The first-order valence-electron chi connectivity index (χ1n) is 41.8. The molecule has 22 heteroatoms. The summed E-state index contributed by atoms with van der Waals surface area (Å²) < 4.78 is 0. The number of nitrogens with zero attached hydrogens (tertiary/aromatic N) is 20. The summed E-state index contributed by atoms with van der Waals surface area (Å²) in [6, 6.07) is 114. The number of aromatic nitrogens is 20. The molecule has 15 heterocycles. The van der Waals surface area contributed by atoms with E-state index in [1.54, 1.807) is 0 Å². The smallest absolute Gasteiger partial charge is 0.0927 e. The number of benzene rings is 12. The Morgan fingerprint density at radius 2 is 0.292 bits per heavy atom. The SMILES string of the molecule is C1=Cc2nc1c(-c1ccccc1)c1ccc([n-]1)c(-c1ccccc1)c1nc(c(-c3ccccc3)c3ccc([n-]3)c2-c2ccccc2)C=C1.[Sm].[Sm].c1ccc2c(c1)-c1nc-2nc2[n-]c(nc3nc(nc4[n-]c(n1)c1ccccc41)-c1ccccc1-3)c1ccccc21.c1ccc2c(c1)-c1nc-2nc2[n-]c(nc3nc(nc4[n-]c(n1)c1ccccc41)-c1ccccc1-3)c1ccccc21. The van der Waals surface area contributed by atoms with Crippen LogP contribution in [0.2, 0.25) is 0 Å². The summed E-state index contributed by atoms with van der Waals surface area (Å²) in [5.41, 5.74) is 26.6. The molecule has 24 bridgehead atoms. The van der Waals surface area contributed by atoms with Gasteiger partial charge in [0.25, 0.3) is 0 Å². The van der Waals surface area contributed by atoms with Crippen LogP contribution in [0.15, 0.2) is 340 Å². The van der Waals surface area contributed by atoms with Crippen LogP contribution in [0.3, 0.4) is 0 Å². The van der Waals surface area contributed by atoms with Crippen LogP contribution in [-0.2, 0) is 0 Å². The van der Waals surface area contributed by atoms with E-state index in [1.165, 1.54) is 0 Å². The molecule has 9 aromatic heterocycles. The summed E-state index contributed by atoms with van der Waals surface area (Å²) in [6.07, 6.45) is 8.41. The molecule has 0 amide bonds. The first kappa shape index (κ1) is 79.3. The molecule has 0 N–H and O–H groups in total. The van der Waals surface area contributed by atoms with Crippen molar-refractivity contribution in [1.82, 2.24) is 99.7 Å². The van der Waals surface area contributed by atoms with E-state index in [-0.39, 0.29) is 80.8 Å². The fraction of sp³-hybridized carbons (Fsp3) is 0. The van der Waals surface area contributed by atoms with Gasteiger partial charge in [0, 0.05) is 170 Å². The average molecular weight is 1940 g/mol. The van der Waals surface area contributed by atoms with Gasteiger partial charge in [-0.1, -0.05) is 340 Å². The molecule has 27 rings (SSSR count). The summed E-state index contributed by atoms with van der Waals surface area (Å²) in [5, 5.41) is 7.15. The predicted molar refractivity (Wildman–Crippen MR) is 507 cm³/mol. The maximum atomic E-state index is 5.31. The molecule has 0 fully saturated rings. The molecule has 130 heavy (non-hydrogen) atoms. The quantitative estimate of drug-likeness (QED) is 0.158. The van der Waals surface area contributed by atoms with Gasteiger partial charge in [-0.05, 0) is 112 Å². The Hall–Kier alpha value is -15.4. The van der Waals surface area contributed by atoms with Gasteiger partial charge in [0.05, 0.1) is 69.4 Å². The normalized spacial score (nSPS) is 11.8. The van der Waals surface area contributed by atoms with Gasteiger partial charge in [-0.15, -0.1) is 22.1 Å². The van der Waals surface area contributed by atoms with Crippen molar-refractivity contribution in [3.8, 4) is 136 Å². The van der Waals surface area contributed by atoms with Gasteiger partial charge < -0.3 is 69.8 Å². The Labute approximate surface area is 805 Å². The van der Waals surface area contributed by atoms with Crippen molar-refractivity contribution >= 4 is 135 Å². The van der Waals surface area contributed by atoms with Crippen LogP contribution >= 0.6 is 0 Å². The zero-order valence-electron chi connectivity index (χ0n) is 68.4. The molecule has 0 unspecified atom stereocenters. The van der Waals surface area contributed by atoms with E-state index in [2.05, 4.69) is 146 Å². The van der Waals surface area contributed by atoms with Crippen molar-refractivity contribution in [2.45, 2.75) is 0 Å². The third-order valence-corrected chi connectivity index (χ3v) is 23.5. The third kappa shape index (κ3) is 14.0. The van der Waals surface area contributed by atoms with Crippen LogP contribution in [0.5, 0.6) is 0 Å². The molecular formula is C108H60N20Sm2-6. The molecule has 20 nitrogen and oxygen atoms in total. The molecule has 6 aliphatic heterocycles. The Kier molecular flexibility index (Phi) is 20.2. The molecule has 0 atom stereocenters. The number of hydrogen-bond donors (Lipinski definition) is 0. The molecular weight excluding hydrogens is 1880 g/mol. The summed E-state index contributed by atoms with van der Waals surface area (Å²) in [5.74, 6) is 4.42. The van der Waals surface area contributed by atoms with E-state index in [0.29, 0.717) is 91.8 Å². The summed E-state index contributed by atoms with van der Waals surface area (Å²) in [6.45, 7) is 0. The van der Waals surface area contributed by atoms with Crippen LogP contribution in [0, 0.1) is 80.8 Å². The maximum Gasteiger partial charge on any atom is 0.0927 e. The minimum Gasteiger partial charge on any atom is -0.657 e. The standard InChI is InChI=1S/C44H28N4.2C32H16N8.2Sm/c1-5-13-29(14-6-1)41-33-21-23-35(45-33)42(30-15-7-2-8-16-30)37-25-27-39(47-37)44(32-19-11-4-12-20-32)40-28-26-38(48-40)43(31-17-9-3-10-18-31)36-24-22-34(41)46-36;2*1-2-10-18-17(9-1)25-33-26(18)38-28-21-13-5-6-14-22(21)30(35-28)40-32-24-16-8-7-15-23(24)31(36-32)39-29-20-12-4-3-11-19(20)27(34-29)37-25;;/h1-28H;2*1-16H;;/q3*-2;;. The molecule has 0 aliphatic carbocycles. The van der Waals surface area contributed by atoms with Crippen LogP contribution in [0.4, 0.5) is 0 Å². The first-order valence-corrected chi connectivity index (χ1v) is 41.8. The minimum absolute atomic E-state index is 0. The van der Waals surface area contributed by atoms with Gasteiger partial charge in [-0.2, -0.15) is 0 Å². The second-order valence-electron chi connectivity index (χ2n) is 31.2. The van der Waals surface area contributed by atoms with Gasteiger partial charge in [0.1, 0.15) is 0 Å². The van der Waals surface area contributed by atoms with Crippen molar-refractivity contribution in [3.05, 3.63) is 362 Å². The Bertz CT molecular complexity index is 7540. The van der Waals surface area contributed by atoms with E-state index in [1.807, 2.05) is 218 Å². The van der Waals surface area contributed by atoms with Crippen molar-refractivity contribution < 1.29 is 80.8 Å². The van der Waals surface area contributed by atoms with E-state index in [0.717, 1.165) is 177 Å². The van der Waals surface area contributed by atoms with Crippen LogP contribution in [0.25, 0.3) is 270 Å². The molecule has 12 aromatic carbocycles.